The Balaban J connectivity index is 2.21. The van der Waals surface area contributed by atoms with Crippen LogP contribution < -0.4 is 4.72 Å². The van der Waals surface area contributed by atoms with E-state index in [2.05, 4.69) is 19.8 Å². The second kappa shape index (κ2) is 5.13. The van der Waals surface area contributed by atoms with Crippen LogP contribution >= 0.6 is 0 Å². The van der Waals surface area contributed by atoms with Crippen molar-refractivity contribution in [2.45, 2.75) is 18.4 Å². The fourth-order valence-electron chi connectivity index (χ4n) is 1.34. The molecule has 0 spiro atoms. The molecule has 1 N–H and O–H groups in total. The lowest BCUT2D eigenvalue weighted by atomic mass is 10.4. The number of pyridine rings is 1. The van der Waals surface area contributed by atoms with E-state index < -0.39 is 10.0 Å². The SMILES string of the molecule is Cc1nc(CNS(=O)(=O)c2cccnc2C#N)no1. The minimum atomic E-state index is -3.85. The van der Waals surface area contributed by atoms with Gasteiger partial charge in [0.1, 0.15) is 11.0 Å². The molecule has 2 aromatic heterocycles. The Morgan fingerprint density at radius 1 is 1.53 bits per heavy atom. The summed E-state index contributed by atoms with van der Waals surface area (Å²) >= 11 is 0. The van der Waals surface area contributed by atoms with E-state index in [-0.39, 0.29) is 23.0 Å². The number of aryl methyl sites for hydroxylation is 1. The summed E-state index contributed by atoms with van der Waals surface area (Å²) in [6.45, 7) is 1.47. The molecule has 0 amide bonds. The molecular weight excluding hydrogens is 270 g/mol. The van der Waals surface area contributed by atoms with E-state index in [9.17, 15) is 8.42 Å². The van der Waals surface area contributed by atoms with E-state index in [0.717, 1.165) is 0 Å². The highest BCUT2D eigenvalue weighted by molar-refractivity contribution is 7.89. The van der Waals surface area contributed by atoms with Crippen molar-refractivity contribution in [3.05, 3.63) is 35.7 Å². The second-order valence-electron chi connectivity index (χ2n) is 3.52. The molecule has 0 aromatic carbocycles. The number of hydrogen-bond acceptors (Lipinski definition) is 7. The first-order valence-electron chi connectivity index (χ1n) is 5.17. The summed E-state index contributed by atoms with van der Waals surface area (Å²) in [6.07, 6.45) is 1.35. The molecule has 0 atom stereocenters. The maximum Gasteiger partial charge on any atom is 0.243 e. The van der Waals surface area contributed by atoms with Gasteiger partial charge in [0.05, 0.1) is 6.54 Å². The zero-order valence-corrected chi connectivity index (χ0v) is 10.7. The molecule has 2 aromatic rings. The van der Waals surface area contributed by atoms with Crippen molar-refractivity contribution in [1.82, 2.24) is 19.8 Å². The van der Waals surface area contributed by atoms with Crippen LogP contribution in [0.2, 0.25) is 0 Å². The molecule has 0 aliphatic carbocycles. The van der Waals surface area contributed by atoms with Crippen molar-refractivity contribution < 1.29 is 12.9 Å². The molecule has 0 saturated heterocycles. The summed E-state index contributed by atoms with van der Waals surface area (Å²) in [5, 5.41) is 12.4. The molecule has 9 heteroatoms. The fraction of sp³-hybridized carbons (Fsp3) is 0.200. The Morgan fingerprint density at radius 3 is 2.95 bits per heavy atom. The maximum atomic E-state index is 12.0. The van der Waals surface area contributed by atoms with E-state index in [1.807, 2.05) is 0 Å². The number of aromatic nitrogens is 3. The van der Waals surface area contributed by atoms with Gasteiger partial charge in [0.15, 0.2) is 11.5 Å². The molecular formula is C10H9N5O3S. The van der Waals surface area contributed by atoms with E-state index in [1.54, 1.807) is 13.0 Å². The van der Waals surface area contributed by atoms with Gasteiger partial charge in [-0.05, 0) is 12.1 Å². The second-order valence-corrected chi connectivity index (χ2v) is 5.25. The Morgan fingerprint density at radius 2 is 2.32 bits per heavy atom. The van der Waals surface area contributed by atoms with Crippen molar-refractivity contribution in [3.8, 4) is 6.07 Å². The van der Waals surface area contributed by atoms with E-state index in [1.165, 1.54) is 18.3 Å². The van der Waals surface area contributed by atoms with E-state index >= 15 is 0 Å². The molecule has 0 aliphatic rings. The monoisotopic (exact) mass is 279 g/mol. The Hall–Kier alpha value is -2.31. The molecule has 0 fully saturated rings. The first-order valence-corrected chi connectivity index (χ1v) is 6.65. The van der Waals surface area contributed by atoms with Gasteiger partial charge in [-0.25, -0.2) is 18.1 Å². The van der Waals surface area contributed by atoms with Crippen molar-refractivity contribution in [3.63, 3.8) is 0 Å². The molecule has 2 rings (SSSR count). The molecule has 19 heavy (non-hydrogen) atoms. The minimum absolute atomic E-state index is 0.126. The molecule has 8 nitrogen and oxygen atoms in total. The Bertz CT molecular complexity index is 732. The van der Waals surface area contributed by atoms with Crippen LogP contribution in [-0.2, 0) is 16.6 Å². The first kappa shape index (κ1) is 13.1. The van der Waals surface area contributed by atoms with Gasteiger partial charge in [-0.15, -0.1) is 0 Å². The summed E-state index contributed by atoms with van der Waals surface area (Å²) in [5.41, 5.74) is -0.167. The van der Waals surface area contributed by atoms with E-state index in [0.29, 0.717) is 5.89 Å². The van der Waals surface area contributed by atoms with Gasteiger partial charge in [-0.1, -0.05) is 5.16 Å². The molecule has 0 unspecified atom stereocenters. The van der Waals surface area contributed by atoms with Crippen LogP contribution in [0.1, 0.15) is 17.4 Å². The standard InChI is InChI=1S/C10H9N5O3S/c1-7-14-10(15-18-7)6-13-19(16,17)9-3-2-4-12-8(9)5-11/h2-4,13H,6H2,1H3. The number of hydrogen-bond donors (Lipinski definition) is 1. The van der Waals surface area contributed by atoms with Gasteiger partial charge in [0.2, 0.25) is 15.9 Å². The normalized spacial score (nSPS) is 11.2. The van der Waals surface area contributed by atoms with Gasteiger partial charge in [0, 0.05) is 13.1 Å². The highest BCUT2D eigenvalue weighted by Gasteiger charge is 2.19. The lowest BCUT2D eigenvalue weighted by molar-refractivity contribution is 0.387. The zero-order chi connectivity index (χ0) is 13.9. The molecule has 2 heterocycles. The average molecular weight is 279 g/mol. The average Bonchev–Trinajstić information content (AvgIpc) is 2.82. The van der Waals surface area contributed by atoms with Crippen LogP contribution in [0.5, 0.6) is 0 Å². The van der Waals surface area contributed by atoms with Gasteiger partial charge < -0.3 is 4.52 Å². The molecule has 0 aliphatic heterocycles. The van der Waals surface area contributed by atoms with Crippen molar-refractivity contribution in [1.29, 1.82) is 5.26 Å². The maximum absolute atomic E-state index is 12.0. The van der Waals surface area contributed by atoms with E-state index in [4.69, 9.17) is 9.78 Å². The van der Waals surface area contributed by atoms with Gasteiger partial charge in [-0.3, -0.25) is 0 Å². The summed E-state index contributed by atoms with van der Waals surface area (Å²) < 4.78 is 31.0. The topological polar surface area (TPSA) is 122 Å². The zero-order valence-electron chi connectivity index (χ0n) is 9.86. The predicted octanol–water partition coefficient (Wildman–Crippen LogP) is 0.123. The summed E-state index contributed by atoms with van der Waals surface area (Å²) in [4.78, 5) is 7.37. The third-order valence-electron chi connectivity index (χ3n) is 2.16. The number of rotatable bonds is 4. The van der Waals surface area contributed by atoms with Crippen molar-refractivity contribution in [2.75, 3.05) is 0 Å². The summed E-state index contributed by atoms with van der Waals surface area (Å²) in [7, 11) is -3.85. The predicted molar refractivity (Wildman–Crippen MR) is 62.0 cm³/mol. The lowest BCUT2D eigenvalue weighted by Gasteiger charge is -2.05. The Kier molecular flexibility index (Phi) is 3.55. The van der Waals surface area contributed by atoms with Crippen LogP contribution in [0.25, 0.3) is 0 Å². The van der Waals surface area contributed by atoms with Gasteiger partial charge in [-0.2, -0.15) is 10.2 Å². The lowest BCUT2D eigenvalue weighted by Crippen LogP contribution is -2.24. The van der Waals surface area contributed by atoms with Crippen LogP contribution in [0.15, 0.2) is 27.7 Å². The number of nitrogens with one attached hydrogen (secondary N) is 1. The van der Waals surface area contributed by atoms with Crippen molar-refractivity contribution in [2.24, 2.45) is 0 Å². The third-order valence-corrected chi connectivity index (χ3v) is 3.59. The summed E-state index contributed by atoms with van der Waals surface area (Å²) in [5.74, 6) is 0.553. The van der Waals surface area contributed by atoms with Crippen LogP contribution in [0, 0.1) is 18.3 Å². The fourth-order valence-corrected chi connectivity index (χ4v) is 2.43. The molecule has 0 radical (unpaired) electrons. The summed E-state index contributed by atoms with van der Waals surface area (Å²) in [6, 6.07) is 4.46. The number of sulfonamides is 1. The molecule has 0 bridgehead atoms. The van der Waals surface area contributed by atoms with Crippen LogP contribution in [-0.4, -0.2) is 23.5 Å². The van der Waals surface area contributed by atoms with Crippen LogP contribution in [0.3, 0.4) is 0 Å². The highest BCUT2D eigenvalue weighted by atomic mass is 32.2. The Labute approximate surface area is 109 Å². The highest BCUT2D eigenvalue weighted by Crippen LogP contribution is 2.12. The number of nitrogens with zero attached hydrogens (tertiary/aromatic N) is 4. The quantitative estimate of drug-likeness (QED) is 0.843. The number of nitriles is 1. The van der Waals surface area contributed by atoms with Gasteiger partial charge >= 0.3 is 0 Å². The third kappa shape index (κ3) is 2.93. The first-order chi connectivity index (χ1) is 9.03. The smallest absolute Gasteiger partial charge is 0.243 e. The largest absolute Gasteiger partial charge is 0.340 e. The van der Waals surface area contributed by atoms with Crippen molar-refractivity contribution >= 4 is 10.0 Å². The van der Waals surface area contributed by atoms with Gasteiger partial charge in [0.25, 0.3) is 0 Å². The minimum Gasteiger partial charge on any atom is -0.340 e. The molecule has 98 valence electrons. The molecule has 0 saturated carbocycles. The van der Waals surface area contributed by atoms with Crippen LogP contribution in [0.4, 0.5) is 0 Å².